The SMILES string of the molecule is CC(C)CN(C[C@@H](O)[C@H](Cc1ccccc1)NC(=O)O[C@H]1CCOC1)S(=O)c1ccc2c(c1)CCB2O. The number of carbonyl (C=O) groups is 1. The van der Waals surface area contributed by atoms with E-state index >= 15 is 0 Å². The van der Waals surface area contributed by atoms with Crippen molar-refractivity contribution in [3.05, 3.63) is 59.7 Å². The highest BCUT2D eigenvalue weighted by Crippen LogP contribution is 2.20. The van der Waals surface area contributed by atoms with Crippen LogP contribution >= 0.6 is 0 Å². The molecule has 4 atom stereocenters. The van der Waals surface area contributed by atoms with Gasteiger partial charge in [0.2, 0.25) is 0 Å². The zero-order valence-corrected chi connectivity index (χ0v) is 22.4. The van der Waals surface area contributed by atoms with Gasteiger partial charge in [-0.05, 0) is 48.2 Å². The maximum atomic E-state index is 13.7. The number of nitrogens with one attached hydrogen (secondary N) is 1. The summed E-state index contributed by atoms with van der Waals surface area (Å²) >= 11 is 0. The Hall–Kier alpha value is -2.24. The zero-order chi connectivity index (χ0) is 26.4. The van der Waals surface area contributed by atoms with Crippen LogP contribution in [0.3, 0.4) is 0 Å². The lowest BCUT2D eigenvalue weighted by Crippen LogP contribution is -2.50. The summed E-state index contributed by atoms with van der Waals surface area (Å²) in [5, 5.41) is 24.3. The number of amides is 1. The van der Waals surface area contributed by atoms with E-state index in [0.29, 0.717) is 43.8 Å². The number of hydrogen-bond acceptors (Lipinski definition) is 6. The third-order valence-electron chi connectivity index (χ3n) is 6.78. The average molecular weight is 528 g/mol. The predicted molar refractivity (Wildman–Crippen MR) is 144 cm³/mol. The second-order valence-corrected chi connectivity index (χ2v) is 11.8. The van der Waals surface area contributed by atoms with Gasteiger partial charge < -0.3 is 24.9 Å². The minimum Gasteiger partial charge on any atom is -0.446 e. The number of nitrogens with zero attached hydrogens (tertiary/aromatic N) is 1. The van der Waals surface area contributed by atoms with Crippen LogP contribution in [0.25, 0.3) is 0 Å². The molecule has 0 spiro atoms. The molecule has 1 unspecified atom stereocenters. The lowest BCUT2D eigenvalue weighted by molar-refractivity contribution is 0.0647. The summed E-state index contributed by atoms with van der Waals surface area (Å²) in [5.74, 6) is 0.209. The van der Waals surface area contributed by atoms with Crippen LogP contribution in [0.5, 0.6) is 0 Å². The van der Waals surface area contributed by atoms with Gasteiger partial charge in [0.15, 0.2) is 0 Å². The Morgan fingerprint density at radius 3 is 2.73 bits per heavy atom. The number of carbonyl (C=O) groups excluding carboxylic acids is 1. The molecule has 1 amide bonds. The highest BCUT2D eigenvalue weighted by atomic mass is 32.2. The number of rotatable bonds is 11. The summed E-state index contributed by atoms with van der Waals surface area (Å²) in [6.07, 6.45) is 0.602. The normalized spacial score (nSPS) is 19.6. The van der Waals surface area contributed by atoms with Gasteiger partial charge in [-0.25, -0.2) is 13.3 Å². The molecule has 1 saturated heterocycles. The Morgan fingerprint density at radius 2 is 2.03 bits per heavy atom. The second-order valence-electron chi connectivity index (χ2n) is 10.3. The molecule has 0 radical (unpaired) electrons. The third-order valence-corrected chi connectivity index (χ3v) is 8.21. The van der Waals surface area contributed by atoms with Gasteiger partial charge in [0.25, 0.3) is 0 Å². The molecule has 1 fully saturated rings. The Labute approximate surface area is 222 Å². The molecule has 8 nitrogen and oxygen atoms in total. The Morgan fingerprint density at radius 1 is 1.24 bits per heavy atom. The third kappa shape index (κ3) is 7.64. The number of hydrogen-bond donors (Lipinski definition) is 3. The van der Waals surface area contributed by atoms with Crippen molar-refractivity contribution in [1.29, 1.82) is 0 Å². The smallest absolute Gasteiger partial charge is 0.407 e. The lowest BCUT2D eigenvalue weighted by Gasteiger charge is -2.30. The maximum absolute atomic E-state index is 13.7. The molecule has 200 valence electrons. The number of benzene rings is 2. The molecule has 4 rings (SSSR count). The summed E-state index contributed by atoms with van der Waals surface area (Å²) in [5.41, 5.74) is 2.88. The molecular weight excluding hydrogens is 491 g/mol. The number of aliphatic hydroxyl groups is 1. The summed E-state index contributed by atoms with van der Waals surface area (Å²) in [6.45, 7) is 5.16. The van der Waals surface area contributed by atoms with Gasteiger partial charge in [-0.2, -0.15) is 0 Å². The molecule has 0 aromatic heterocycles. The molecule has 10 heteroatoms. The van der Waals surface area contributed by atoms with Gasteiger partial charge >= 0.3 is 13.0 Å². The van der Waals surface area contributed by atoms with Crippen LogP contribution in [-0.4, -0.2) is 76.2 Å². The standard InChI is InChI=1S/C27H37BN2O6S/c1-19(2)16-30(37(34)23-8-9-24-21(15-23)10-12-28(24)33)17-26(31)25(14-20-6-4-3-5-7-20)29-27(32)36-22-11-13-35-18-22/h3-9,15,19,22,25-26,31,33H,10-14,16-18H2,1-2H3,(H,29,32)/t22-,25-,26+,37?/m0/s1. The quantitative estimate of drug-likeness (QED) is 0.385. The summed E-state index contributed by atoms with van der Waals surface area (Å²) < 4.78 is 26.2. The Bertz CT molecular complexity index is 1070. The van der Waals surface area contributed by atoms with Gasteiger partial charge in [0.1, 0.15) is 17.1 Å². The highest BCUT2D eigenvalue weighted by molar-refractivity contribution is 7.82. The molecule has 2 aliphatic heterocycles. The van der Waals surface area contributed by atoms with Crippen LogP contribution in [0.2, 0.25) is 6.32 Å². The Kier molecular flexibility index (Phi) is 9.78. The van der Waals surface area contributed by atoms with E-state index in [9.17, 15) is 19.1 Å². The van der Waals surface area contributed by atoms with E-state index in [1.165, 1.54) is 0 Å². The highest BCUT2D eigenvalue weighted by Gasteiger charge is 2.30. The van der Waals surface area contributed by atoms with Crippen molar-refractivity contribution in [2.24, 2.45) is 5.92 Å². The number of alkyl carbamates (subject to hydrolysis) is 1. The van der Waals surface area contributed by atoms with E-state index in [1.54, 1.807) is 10.4 Å². The fourth-order valence-electron chi connectivity index (χ4n) is 4.88. The van der Waals surface area contributed by atoms with Crippen molar-refractivity contribution < 1.29 is 28.6 Å². The van der Waals surface area contributed by atoms with Crippen molar-refractivity contribution in [2.45, 2.75) is 62.6 Å². The summed E-state index contributed by atoms with van der Waals surface area (Å²) in [7, 11) is -1.51. The molecule has 2 aromatic rings. The van der Waals surface area contributed by atoms with Crippen molar-refractivity contribution in [3.63, 3.8) is 0 Å². The molecule has 0 bridgehead atoms. The fourth-order valence-corrected chi connectivity index (χ4v) is 6.32. The zero-order valence-electron chi connectivity index (χ0n) is 21.5. The van der Waals surface area contributed by atoms with Crippen molar-refractivity contribution >= 4 is 29.5 Å². The molecular formula is C27H37BN2O6S. The first-order valence-corrected chi connectivity index (χ1v) is 14.2. The number of fused-ring (bicyclic) bond motifs is 1. The summed E-state index contributed by atoms with van der Waals surface area (Å²) in [4.78, 5) is 13.3. The van der Waals surface area contributed by atoms with E-state index in [4.69, 9.17) is 9.47 Å². The minimum atomic E-state index is -1.51. The topological polar surface area (TPSA) is 108 Å². The molecule has 0 saturated carbocycles. The Balaban J connectivity index is 1.49. The second kappa shape index (κ2) is 13.0. The van der Waals surface area contributed by atoms with Gasteiger partial charge in [-0.1, -0.05) is 55.8 Å². The van der Waals surface area contributed by atoms with E-state index in [1.807, 2.05) is 56.3 Å². The van der Waals surface area contributed by atoms with E-state index in [2.05, 4.69) is 5.32 Å². The van der Waals surface area contributed by atoms with E-state index in [-0.39, 0.29) is 18.6 Å². The van der Waals surface area contributed by atoms with Crippen LogP contribution in [-0.2, 0) is 33.3 Å². The van der Waals surface area contributed by atoms with Crippen molar-refractivity contribution in [2.75, 3.05) is 26.3 Å². The molecule has 2 aromatic carbocycles. The van der Waals surface area contributed by atoms with Crippen LogP contribution in [0, 0.1) is 5.92 Å². The number of aryl methyl sites for hydroxylation is 1. The molecule has 2 heterocycles. The van der Waals surface area contributed by atoms with Gasteiger partial charge in [-0.3, -0.25) is 0 Å². The van der Waals surface area contributed by atoms with Gasteiger partial charge in [0.05, 0.1) is 30.3 Å². The maximum Gasteiger partial charge on any atom is 0.407 e. The van der Waals surface area contributed by atoms with Crippen molar-refractivity contribution in [3.8, 4) is 0 Å². The lowest BCUT2D eigenvalue weighted by atomic mass is 9.63. The summed E-state index contributed by atoms with van der Waals surface area (Å²) in [6, 6.07) is 14.6. The average Bonchev–Trinajstić information content (AvgIpc) is 3.52. The molecule has 3 N–H and O–H groups in total. The number of aliphatic hydroxyl groups excluding tert-OH is 1. The van der Waals surface area contributed by atoms with E-state index in [0.717, 1.165) is 23.0 Å². The molecule has 37 heavy (non-hydrogen) atoms. The largest absolute Gasteiger partial charge is 0.446 e. The van der Waals surface area contributed by atoms with Gasteiger partial charge in [0, 0.05) is 19.5 Å². The predicted octanol–water partition coefficient (Wildman–Crippen LogP) is 1.90. The molecule has 0 aliphatic carbocycles. The first kappa shape index (κ1) is 27.8. The first-order valence-electron chi connectivity index (χ1n) is 13.0. The molecule has 2 aliphatic rings. The number of ether oxygens (including phenoxy) is 2. The van der Waals surface area contributed by atoms with Crippen molar-refractivity contribution in [1.82, 2.24) is 9.62 Å². The monoisotopic (exact) mass is 528 g/mol. The van der Waals surface area contributed by atoms with Gasteiger partial charge in [-0.15, -0.1) is 0 Å². The van der Waals surface area contributed by atoms with Crippen LogP contribution in [0.15, 0.2) is 53.4 Å². The van der Waals surface area contributed by atoms with Crippen LogP contribution < -0.4 is 10.8 Å². The van der Waals surface area contributed by atoms with E-state index < -0.39 is 36.1 Å². The fraction of sp³-hybridized carbons (Fsp3) is 0.519. The first-order chi connectivity index (χ1) is 17.8. The van der Waals surface area contributed by atoms with Crippen LogP contribution in [0.4, 0.5) is 4.79 Å². The minimum absolute atomic E-state index is 0.106. The van der Waals surface area contributed by atoms with Crippen LogP contribution in [0.1, 0.15) is 31.4 Å².